The Hall–Kier alpha value is -3.75. The van der Waals surface area contributed by atoms with Crippen LogP contribution in [0.3, 0.4) is 0 Å². The van der Waals surface area contributed by atoms with Crippen molar-refractivity contribution in [1.29, 1.82) is 0 Å². The molecule has 2 saturated heterocycles. The van der Waals surface area contributed by atoms with Crippen LogP contribution < -0.4 is 4.74 Å². The Kier molecular flexibility index (Phi) is 8.27. The zero-order chi connectivity index (χ0) is 29.1. The fraction of sp³-hybridized carbons (Fsp3) is 0.353. The van der Waals surface area contributed by atoms with Gasteiger partial charge in [-0.2, -0.15) is 0 Å². The van der Waals surface area contributed by atoms with Crippen molar-refractivity contribution in [2.75, 3.05) is 33.3 Å². The van der Waals surface area contributed by atoms with Crippen LogP contribution in [0.5, 0.6) is 5.75 Å². The van der Waals surface area contributed by atoms with E-state index in [2.05, 4.69) is 22.0 Å². The quantitative estimate of drug-likeness (QED) is 0.280. The van der Waals surface area contributed by atoms with E-state index in [1.165, 1.54) is 0 Å². The number of rotatable bonds is 7. The highest BCUT2D eigenvalue weighted by molar-refractivity contribution is 7.91. The Balaban J connectivity index is 0.990. The molecule has 0 bridgehead atoms. The average molecular weight is 584 g/mol. The van der Waals surface area contributed by atoms with E-state index in [0.29, 0.717) is 17.7 Å². The lowest BCUT2D eigenvalue weighted by molar-refractivity contribution is 0.0553. The normalized spacial score (nSPS) is 17.4. The number of sulfone groups is 1. The van der Waals surface area contributed by atoms with Crippen LogP contribution in [0.25, 0.3) is 10.8 Å². The maximum absolute atomic E-state index is 13.4. The molecular weight excluding hydrogens is 546 g/mol. The topological polar surface area (TPSA) is 79.8 Å². The molecule has 3 heterocycles. The number of benzene rings is 3. The maximum atomic E-state index is 13.4. The summed E-state index contributed by atoms with van der Waals surface area (Å²) >= 11 is 0. The van der Waals surface area contributed by atoms with E-state index >= 15 is 0 Å². The Morgan fingerprint density at radius 2 is 1.57 bits per heavy atom. The number of hydrogen-bond donors (Lipinski definition) is 0. The molecule has 0 N–H and O–H groups in total. The Labute approximate surface area is 248 Å². The third kappa shape index (κ3) is 5.92. The number of aromatic nitrogens is 1. The summed E-state index contributed by atoms with van der Waals surface area (Å²) in [6, 6.07) is 24.5. The van der Waals surface area contributed by atoms with Gasteiger partial charge in [-0.3, -0.25) is 4.79 Å². The number of ether oxygens (including phenoxy) is 1. The minimum Gasteiger partial charge on any atom is -0.497 e. The molecule has 0 aliphatic carbocycles. The lowest BCUT2D eigenvalue weighted by atomic mass is 9.89. The monoisotopic (exact) mass is 583 g/mol. The number of fused-ring (bicyclic) bond motifs is 1. The van der Waals surface area contributed by atoms with Gasteiger partial charge in [-0.05, 0) is 104 Å². The molecule has 42 heavy (non-hydrogen) atoms. The Morgan fingerprint density at radius 1 is 0.857 bits per heavy atom. The van der Waals surface area contributed by atoms with Crippen molar-refractivity contribution in [3.63, 3.8) is 0 Å². The number of likely N-dealkylation sites (tertiary alicyclic amines) is 2. The molecule has 8 heteroatoms. The maximum Gasteiger partial charge on any atom is 0.254 e. The number of amides is 1. The molecule has 0 radical (unpaired) electrons. The van der Waals surface area contributed by atoms with E-state index in [4.69, 9.17) is 4.74 Å². The standard InChI is InChI=1S/C34H37N3O4S/c1-41-29-10-12-30(13-11-29)42(39,40)33-14-9-26(24-35-33)23-25-15-19-36(20-16-25)28-17-21-37(22-18-28)34(38)32-8-4-6-27-5-2-3-7-31(27)32/h2-14,24-25,28H,15-23H2,1H3. The van der Waals surface area contributed by atoms with Gasteiger partial charge in [0.15, 0.2) is 5.03 Å². The van der Waals surface area contributed by atoms with Gasteiger partial charge in [-0.15, -0.1) is 0 Å². The first kappa shape index (κ1) is 28.4. The number of pyridine rings is 1. The van der Waals surface area contributed by atoms with Crippen LogP contribution in [-0.2, 0) is 16.3 Å². The van der Waals surface area contributed by atoms with Gasteiger partial charge in [0.25, 0.3) is 5.91 Å². The van der Waals surface area contributed by atoms with Crippen molar-refractivity contribution < 1.29 is 17.9 Å². The van der Waals surface area contributed by atoms with Crippen LogP contribution in [0.15, 0.2) is 95.0 Å². The molecule has 1 amide bonds. The Morgan fingerprint density at radius 3 is 2.26 bits per heavy atom. The molecule has 2 aliphatic rings. The van der Waals surface area contributed by atoms with Crippen LogP contribution in [0.1, 0.15) is 41.6 Å². The van der Waals surface area contributed by atoms with Gasteiger partial charge >= 0.3 is 0 Å². The fourth-order valence-electron chi connectivity index (χ4n) is 6.44. The Bertz CT molecular complexity index is 1630. The second-order valence-corrected chi connectivity index (χ2v) is 13.3. The minimum atomic E-state index is -3.67. The van der Waals surface area contributed by atoms with E-state index in [-0.39, 0.29) is 15.8 Å². The van der Waals surface area contributed by atoms with Gasteiger partial charge in [0, 0.05) is 30.9 Å². The number of carbonyl (C=O) groups is 1. The van der Waals surface area contributed by atoms with Gasteiger partial charge < -0.3 is 14.5 Å². The van der Waals surface area contributed by atoms with E-state index in [1.54, 1.807) is 43.6 Å². The largest absolute Gasteiger partial charge is 0.497 e. The smallest absolute Gasteiger partial charge is 0.254 e. The predicted molar refractivity (Wildman–Crippen MR) is 164 cm³/mol. The number of methoxy groups -OCH3 is 1. The summed E-state index contributed by atoms with van der Waals surface area (Å²) in [7, 11) is -2.12. The highest BCUT2D eigenvalue weighted by Gasteiger charge is 2.30. The van der Waals surface area contributed by atoms with Crippen molar-refractivity contribution in [3.05, 3.63) is 96.2 Å². The van der Waals surface area contributed by atoms with Crippen molar-refractivity contribution >= 4 is 26.5 Å². The lowest BCUT2D eigenvalue weighted by Crippen LogP contribution is -2.49. The molecule has 3 aromatic carbocycles. The van der Waals surface area contributed by atoms with E-state index in [9.17, 15) is 13.2 Å². The number of carbonyl (C=O) groups excluding carboxylic acids is 1. The molecule has 4 aromatic rings. The first-order chi connectivity index (χ1) is 20.4. The van der Waals surface area contributed by atoms with E-state index < -0.39 is 9.84 Å². The van der Waals surface area contributed by atoms with Gasteiger partial charge in [0.1, 0.15) is 5.75 Å². The van der Waals surface area contributed by atoms with Gasteiger partial charge in [0.2, 0.25) is 9.84 Å². The first-order valence-corrected chi connectivity index (χ1v) is 16.3. The van der Waals surface area contributed by atoms with Crippen LogP contribution in [0.2, 0.25) is 0 Å². The lowest BCUT2D eigenvalue weighted by Gasteiger charge is -2.42. The molecule has 2 fully saturated rings. The van der Waals surface area contributed by atoms with Crippen molar-refractivity contribution in [1.82, 2.24) is 14.8 Å². The molecule has 7 nitrogen and oxygen atoms in total. The van der Waals surface area contributed by atoms with Crippen molar-refractivity contribution in [3.8, 4) is 5.75 Å². The minimum absolute atomic E-state index is 0.0662. The van der Waals surface area contributed by atoms with Crippen LogP contribution >= 0.6 is 0 Å². The van der Waals surface area contributed by atoms with E-state index in [0.717, 1.165) is 80.2 Å². The SMILES string of the molecule is COc1ccc(S(=O)(=O)c2ccc(CC3CCN(C4CCN(C(=O)c5cccc6ccccc56)CC4)CC3)cn2)cc1. The molecule has 1 aromatic heterocycles. The summed E-state index contributed by atoms with van der Waals surface area (Å²) in [6.45, 7) is 3.71. The molecule has 0 spiro atoms. The highest BCUT2D eigenvalue weighted by atomic mass is 32.2. The number of nitrogens with zero attached hydrogens (tertiary/aromatic N) is 3. The highest BCUT2D eigenvalue weighted by Crippen LogP contribution is 2.28. The zero-order valence-electron chi connectivity index (χ0n) is 24.0. The van der Waals surface area contributed by atoms with Gasteiger partial charge in [0.05, 0.1) is 12.0 Å². The van der Waals surface area contributed by atoms with Crippen molar-refractivity contribution in [2.24, 2.45) is 5.92 Å². The molecule has 6 rings (SSSR count). The third-order valence-corrected chi connectivity index (χ3v) is 10.6. The fourth-order valence-corrected chi connectivity index (χ4v) is 7.61. The summed E-state index contributed by atoms with van der Waals surface area (Å²) in [5.41, 5.74) is 1.87. The molecular formula is C34H37N3O4S. The van der Waals surface area contributed by atoms with Crippen LogP contribution in [0.4, 0.5) is 0 Å². The van der Waals surface area contributed by atoms with E-state index in [1.807, 2.05) is 41.3 Å². The second kappa shape index (κ2) is 12.2. The molecule has 0 saturated carbocycles. The van der Waals surface area contributed by atoms with Crippen molar-refractivity contribution in [2.45, 2.75) is 48.1 Å². The average Bonchev–Trinajstić information content (AvgIpc) is 3.05. The first-order valence-electron chi connectivity index (χ1n) is 14.8. The number of piperidine rings is 2. The van der Waals surface area contributed by atoms with Gasteiger partial charge in [-0.1, -0.05) is 42.5 Å². The predicted octanol–water partition coefficient (Wildman–Crippen LogP) is 5.64. The summed E-state index contributed by atoms with van der Waals surface area (Å²) in [5.74, 6) is 1.31. The molecule has 0 unspecified atom stereocenters. The third-order valence-electron chi connectivity index (χ3n) is 8.90. The summed E-state index contributed by atoms with van der Waals surface area (Å²) < 4.78 is 31.1. The van der Waals surface area contributed by atoms with Crippen LogP contribution in [-0.4, -0.2) is 68.4 Å². The van der Waals surface area contributed by atoms with Crippen LogP contribution in [0, 0.1) is 5.92 Å². The second-order valence-electron chi connectivity index (χ2n) is 11.4. The summed E-state index contributed by atoms with van der Waals surface area (Å²) in [4.78, 5) is 22.5. The molecule has 218 valence electrons. The number of hydrogen-bond acceptors (Lipinski definition) is 6. The van der Waals surface area contributed by atoms with Gasteiger partial charge in [-0.25, -0.2) is 13.4 Å². The summed E-state index contributed by atoms with van der Waals surface area (Å²) in [5, 5.41) is 2.20. The summed E-state index contributed by atoms with van der Waals surface area (Å²) in [6.07, 6.45) is 6.86. The molecule has 2 aliphatic heterocycles. The zero-order valence-corrected chi connectivity index (χ0v) is 24.8. The molecule has 0 atom stereocenters.